The number of alkyl halides is 3. The third kappa shape index (κ3) is 1.59. The number of anilines is 1. The van der Waals surface area contributed by atoms with Crippen molar-refractivity contribution < 1.29 is 22.5 Å². The van der Waals surface area contributed by atoms with Crippen molar-refractivity contribution in [3.8, 4) is 0 Å². The summed E-state index contributed by atoms with van der Waals surface area (Å²) in [4.78, 5) is 10.4. The Bertz CT molecular complexity index is 422. The Balaban J connectivity index is 2.23. The molecule has 5 nitrogen and oxygen atoms in total. The van der Waals surface area contributed by atoms with Crippen LogP contribution in [0.15, 0.2) is 10.6 Å². The van der Waals surface area contributed by atoms with Crippen LogP contribution in [0.1, 0.15) is 18.5 Å². The van der Waals surface area contributed by atoms with Gasteiger partial charge in [0.2, 0.25) is 5.88 Å². The van der Waals surface area contributed by atoms with Crippen molar-refractivity contribution in [2.24, 2.45) is 5.73 Å². The van der Waals surface area contributed by atoms with Crippen LogP contribution in [0.2, 0.25) is 0 Å². The van der Waals surface area contributed by atoms with E-state index >= 15 is 0 Å². The van der Waals surface area contributed by atoms with Gasteiger partial charge in [0.15, 0.2) is 0 Å². The molecule has 2 rings (SSSR count). The second-order valence-electron chi connectivity index (χ2n) is 3.65. The average Bonchev–Trinajstić information content (AvgIpc) is 2.82. The first kappa shape index (κ1) is 10.8. The number of halogens is 3. The molecule has 1 aromatic heterocycles. The minimum atomic E-state index is -4.35. The molecule has 88 valence electrons. The first-order valence-corrected chi connectivity index (χ1v) is 4.45. The van der Waals surface area contributed by atoms with E-state index in [9.17, 15) is 18.0 Å². The Morgan fingerprint density at radius 2 is 2.19 bits per heavy atom. The van der Waals surface area contributed by atoms with Crippen LogP contribution in [-0.4, -0.2) is 17.4 Å². The van der Waals surface area contributed by atoms with Gasteiger partial charge in [-0.25, -0.2) is 4.79 Å². The Kier molecular flexibility index (Phi) is 2.11. The maximum Gasteiger partial charge on any atom is 0.400 e. The molecule has 8 heteroatoms. The number of nitrogens with zero attached hydrogens (tertiary/aromatic N) is 1. The van der Waals surface area contributed by atoms with E-state index in [0.717, 1.165) is 6.07 Å². The number of hydrogen-bond donors (Lipinski definition) is 2. The molecule has 16 heavy (non-hydrogen) atoms. The second kappa shape index (κ2) is 3.13. The van der Waals surface area contributed by atoms with Crippen molar-refractivity contribution in [1.29, 1.82) is 0 Å². The Morgan fingerprint density at radius 1 is 1.56 bits per heavy atom. The molecule has 2 amide bonds. The van der Waals surface area contributed by atoms with Crippen LogP contribution >= 0.6 is 0 Å². The third-order valence-corrected chi connectivity index (χ3v) is 2.54. The summed E-state index contributed by atoms with van der Waals surface area (Å²) in [5.41, 5.74) is 2.66. The lowest BCUT2D eigenvalue weighted by Gasteiger charge is -2.15. The monoisotopic (exact) mass is 235 g/mol. The first-order chi connectivity index (χ1) is 7.35. The first-order valence-electron chi connectivity index (χ1n) is 4.45. The van der Waals surface area contributed by atoms with E-state index in [-0.39, 0.29) is 24.4 Å². The van der Waals surface area contributed by atoms with Gasteiger partial charge < -0.3 is 10.3 Å². The number of primary amides is 1. The number of amides is 2. The highest BCUT2D eigenvalue weighted by atomic mass is 19.4. The van der Waals surface area contributed by atoms with E-state index in [4.69, 9.17) is 5.73 Å². The van der Waals surface area contributed by atoms with E-state index < -0.39 is 17.6 Å². The van der Waals surface area contributed by atoms with Crippen molar-refractivity contribution in [1.82, 2.24) is 5.16 Å². The maximum absolute atomic E-state index is 12.7. The smallest absolute Gasteiger partial charge is 0.351 e. The van der Waals surface area contributed by atoms with Crippen molar-refractivity contribution in [3.63, 3.8) is 0 Å². The lowest BCUT2D eigenvalue weighted by atomic mass is 10.0. The molecule has 0 radical (unpaired) electrons. The van der Waals surface area contributed by atoms with Crippen LogP contribution < -0.4 is 11.1 Å². The van der Waals surface area contributed by atoms with E-state index in [0.29, 0.717) is 0 Å². The highest BCUT2D eigenvalue weighted by Gasteiger charge is 2.66. The standard InChI is InChI=1S/C8H8F3N3O2/c9-8(10,11)7(1-2-7)4-3-5(16-14-4)13-6(12)15/h3H,1-2H2,(H3,12,13,15). The quantitative estimate of drug-likeness (QED) is 0.819. The van der Waals surface area contributed by atoms with Gasteiger partial charge in [0.05, 0.1) is 0 Å². The lowest BCUT2D eigenvalue weighted by molar-refractivity contribution is -0.161. The lowest BCUT2D eigenvalue weighted by Crippen LogP contribution is -2.28. The maximum atomic E-state index is 12.7. The van der Waals surface area contributed by atoms with E-state index in [1.165, 1.54) is 0 Å². The van der Waals surface area contributed by atoms with Gasteiger partial charge in [-0.1, -0.05) is 5.16 Å². The number of urea groups is 1. The van der Waals surface area contributed by atoms with Gasteiger partial charge in [0.25, 0.3) is 0 Å². The molecule has 0 aliphatic heterocycles. The van der Waals surface area contributed by atoms with E-state index in [2.05, 4.69) is 9.68 Å². The van der Waals surface area contributed by atoms with Crippen molar-refractivity contribution >= 4 is 11.9 Å². The molecule has 1 fully saturated rings. The van der Waals surface area contributed by atoms with Crippen LogP contribution in [0.3, 0.4) is 0 Å². The number of nitrogens with one attached hydrogen (secondary N) is 1. The summed E-state index contributed by atoms with van der Waals surface area (Å²) in [5, 5.41) is 5.32. The van der Waals surface area contributed by atoms with E-state index in [1.54, 1.807) is 0 Å². The van der Waals surface area contributed by atoms with Gasteiger partial charge in [0, 0.05) is 6.07 Å². The van der Waals surface area contributed by atoms with Crippen LogP contribution in [0, 0.1) is 0 Å². The summed E-state index contributed by atoms with van der Waals surface area (Å²) in [6.07, 6.45) is -4.38. The average molecular weight is 235 g/mol. The molecule has 1 aromatic rings. The molecule has 1 heterocycles. The summed E-state index contributed by atoms with van der Waals surface area (Å²) < 4.78 is 42.5. The summed E-state index contributed by atoms with van der Waals surface area (Å²) in [6.45, 7) is 0. The summed E-state index contributed by atoms with van der Waals surface area (Å²) in [6, 6.07) is 0.130. The zero-order valence-corrected chi connectivity index (χ0v) is 7.97. The molecule has 3 N–H and O–H groups in total. The van der Waals surface area contributed by atoms with Crippen LogP contribution in [-0.2, 0) is 5.41 Å². The molecule has 1 saturated carbocycles. The number of carbonyl (C=O) groups excluding carboxylic acids is 1. The number of nitrogens with two attached hydrogens (primary N) is 1. The molecule has 0 spiro atoms. The molecule has 0 atom stereocenters. The molecule has 0 aromatic carbocycles. The van der Waals surface area contributed by atoms with Crippen LogP contribution in [0.4, 0.5) is 23.8 Å². The Morgan fingerprint density at radius 3 is 2.62 bits per heavy atom. The largest absolute Gasteiger partial charge is 0.400 e. The van der Waals surface area contributed by atoms with Gasteiger partial charge in [-0.15, -0.1) is 0 Å². The minimum absolute atomic E-state index is 0.0148. The number of aromatic nitrogens is 1. The minimum Gasteiger partial charge on any atom is -0.351 e. The molecule has 0 unspecified atom stereocenters. The molecule has 0 saturated heterocycles. The Hall–Kier alpha value is -1.73. The number of hydrogen-bond acceptors (Lipinski definition) is 3. The van der Waals surface area contributed by atoms with Gasteiger partial charge in [0.1, 0.15) is 11.1 Å². The summed E-state index contributed by atoms with van der Waals surface area (Å²) in [5.74, 6) is -0.182. The van der Waals surface area contributed by atoms with Gasteiger partial charge in [-0.3, -0.25) is 5.32 Å². The number of rotatable bonds is 2. The predicted molar refractivity (Wildman–Crippen MR) is 46.7 cm³/mol. The second-order valence-corrected chi connectivity index (χ2v) is 3.65. The zero-order chi connectivity index (χ0) is 12.0. The van der Waals surface area contributed by atoms with Gasteiger partial charge >= 0.3 is 12.2 Å². The molecular weight excluding hydrogens is 227 g/mol. The predicted octanol–water partition coefficient (Wildman–Crippen LogP) is 1.76. The van der Waals surface area contributed by atoms with Crippen molar-refractivity contribution in [2.75, 3.05) is 5.32 Å². The fourth-order valence-electron chi connectivity index (χ4n) is 1.49. The third-order valence-electron chi connectivity index (χ3n) is 2.54. The fourth-order valence-corrected chi connectivity index (χ4v) is 1.49. The fraction of sp³-hybridized carbons (Fsp3) is 0.500. The van der Waals surface area contributed by atoms with Crippen molar-refractivity contribution in [2.45, 2.75) is 24.4 Å². The van der Waals surface area contributed by atoms with Gasteiger partial charge in [-0.2, -0.15) is 13.2 Å². The molecule has 0 bridgehead atoms. The zero-order valence-electron chi connectivity index (χ0n) is 7.97. The van der Waals surface area contributed by atoms with Crippen molar-refractivity contribution in [3.05, 3.63) is 11.8 Å². The highest BCUT2D eigenvalue weighted by Crippen LogP contribution is 2.58. The number of carbonyl (C=O) groups is 1. The Labute approximate surface area is 87.8 Å². The highest BCUT2D eigenvalue weighted by molar-refractivity contribution is 5.86. The van der Waals surface area contributed by atoms with E-state index in [1.807, 2.05) is 5.32 Å². The van der Waals surface area contributed by atoms with Gasteiger partial charge in [-0.05, 0) is 12.8 Å². The van der Waals surface area contributed by atoms with Crippen LogP contribution in [0.5, 0.6) is 0 Å². The topological polar surface area (TPSA) is 81.2 Å². The molecule has 1 aliphatic rings. The summed E-state index contributed by atoms with van der Waals surface area (Å²) >= 11 is 0. The normalized spacial score (nSPS) is 18.2. The molecular formula is C8H8F3N3O2. The summed E-state index contributed by atoms with van der Waals surface area (Å²) in [7, 11) is 0. The molecule has 1 aliphatic carbocycles. The van der Waals surface area contributed by atoms with Crippen LogP contribution in [0.25, 0.3) is 0 Å². The SMILES string of the molecule is NC(=O)Nc1cc(C2(C(F)(F)F)CC2)no1.